The second-order valence-corrected chi connectivity index (χ2v) is 16.5. The predicted octanol–water partition coefficient (Wildman–Crippen LogP) is 6.23. The molecule has 4 unspecified atom stereocenters. The van der Waals surface area contributed by atoms with E-state index in [0.29, 0.717) is 0 Å². The molecule has 0 bridgehead atoms. The van der Waals surface area contributed by atoms with Crippen molar-refractivity contribution in [2.24, 2.45) is 5.92 Å². The van der Waals surface area contributed by atoms with E-state index in [0.717, 1.165) is 15.7 Å². The summed E-state index contributed by atoms with van der Waals surface area (Å²) in [5.41, 5.74) is -5.56. The minimum absolute atomic E-state index is 0.0470. The Kier molecular flexibility index (Phi) is 15.0. The van der Waals surface area contributed by atoms with Crippen LogP contribution >= 0.6 is 21.6 Å². The molecule has 2 aromatic rings. The number of ether oxygens (including phenoxy) is 4. The smallest absolute Gasteiger partial charge is 0.343 e. The maximum Gasteiger partial charge on any atom is 0.343 e. The van der Waals surface area contributed by atoms with Crippen LogP contribution in [0, 0.1) is 5.92 Å². The van der Waals surface area contributed by atoms with E-state index in [1.165, 1.54) is 25.0 Å². The van der Waals surface area contributed by atoms with Gasteiger partial charge in [-0.3, -0.25) is 9.59 Å². The highest BCUT2D eigenvalue weighted by atomic mass is 33.1. The third-order valence-electron chi connectivity index (χ3n) is 6.96. The summed E-state index contributed by atoms with van der Waals surface area (Å²) in [4.78, 5) is 58.3. The molecule has 2 aromatic carbocycles. The molecule has 0 heterocycles. The van der Waals surface area contributed by atoms with Crippen molar-refractivity contribution < 1.29 is 38.1 Å². The summed E-state index contributed by atoms with van der Waals surface area (Å²) in [6.07, 6.45) is 0.202. The molecule has 0 saturated heterocycles. The van der Waals surface area contributed by atoms with Gasteiger partial charge < -0.3 is 29.6 Å². The summed E-state index contributed by atoms with van der Waals surface area (Å²) < 4.78 is 23.3. The zero-order chi connectivity index (χ0) is 36.3. The van der Waals surface area contributed by atoms with E-state index in [-0.39, 0.29) is 24.5 Å². The highest BCUT2D eigenvalue weighted by Gasteiger charge is 2.63. The average molecular weight is 705 g/mol. The predicted molar refractivity (Wildman–Crippen MR) is 191 cm³/mol. The van der Waals surface area contributed by atoms with Crippen LogP contribution in [-0.4, -0.2) is 78.2 Å². The van der Waals surface area contributed by atoms with Gasteiger partial charge in [-0.2, -0.15) is 0 Å². The van der Waals surface area contributed by atoms with E-state index in [9.17, 15) is 14.4 Å². The van der Waals surface area contributed by atoms with Gasteiger partial charge in [0, 0.05) is 24.7 Å². The molecule has 12 heteroatoms. The van der Waals surface area contributed by atoms with Gasteiger partial charge in [0.25, 0.3) is 11.8 Å². The van der Waals surface area contributed by atoms with Gasteiger partial charge in [0.2, 0.25) is 5.54 Å². The number of carbonyl (C=O) groups excluding carboxylic acids is 4. The first-order valence-corrected chi connectivity index (χ1v) is 18.1. The third-order valence-corrected chi connectivity index (χ3v) is 10.0. The number of methoxy groups -OCH3 is 2. The Balaban J connectivity index is 2.94. The SMILES string of the molecule is COCC(C)(OC)C(SSc1ccccc1)C(NC(=O)c1ccccc1)(C(=O)NC(CC(C)C)C(=O)OC(C)(C)C)C(=O)OC(C)(C)C. The Bertz CT molecular complexity index is 1360. The lowest BCUT2D eigenvalue weighted by Gasteiger charge is -2.46. The first-order valence-electron chi connectivity index (χ1n) is 15.8. The van der Waals surface area contributed by atoms with Crippen LogP contribution in [0.5, 0.6) is 0 Å². The second kappa shape index (κ2) is 17.6. The first kappa shape index (κ1) is 41.1. The Hall–Kier alpha value is -3.06. The average Bonchev–Trinajstić information content (AvgIpc) is 2.99. The van der Waals surface area contributed by atoms with Crippen molar-refractivity contribution >= 4 is 45.3 Å². The molecule has 0 aromatic heterocycles. The Morgan fingerprint density at radius 2 is 1.33 bits per heavy atom. The first-order chi connectivity index (χ1) is 22.3. The van der Waals surface area contributed by atoms with Crippen molar-refractivity contribution in [3.8, 4) is 0 Å². The standard InChI is InChI=1S/C36H52N2O8S2/c1-24(2)22-27(29(40)45-33(3,4)5)37-31(41)36(32(42)46-34(6,7)8,38-28(39)25-18-14-12-15-19-25)30(35(9,44-11)23-43-10)48-47-26-20-16-13-17-21-26/h12-21,24,27,30H,22-23H2,1-11H3,(H,37,41)(H,38,39). The molecule has 2 N–H and O–H groups in total. The number of esters is 2. The van der Waals surface area contributed by atoms with Gasteiger partial charge in [-0.15, -0.1) is 0 Å². The summed E-state index contributed by atoms with van der Waals surface area (Å²) in [6, 6.07) is 16.5. The quantitative estimate of drug-likeness (QED) is 0.118. The number of hydrogen-bond donors (Lipinski definition) is 2. The summed E-state index contributed by atoms with van der Waals surface area (Å²) in [5, 5.41) is 4.41. The van der Waals surface area contributed by atoms with Crippen LogP contribution < -0.4 is 10.6 Å². The van der Waals surface area contributed by atoms with Gasteiger partial charge >= 0.3 is 11.9 Å². The molecule has 0 aliphatic rings. The number of carbonyl (C=O) groups is 4. The Labute approximate surface area is 293 Å². The lowest BCUT2D eigenvalue weighted by atomic mass is 9.82. The van der Waals surface area contributed by atoms with Crippen molar-refractivity contribution in [1.29, 1.82) is 0 Å². The minimum atomic E-state index is -2.47. The van der Waals surface area contributed by atoms with Crippen LogP contribution in [0.4, 0.5) is 0 Å². The normalized spacial score (nSPS) is 15.8. The highest BCUT2D eigenvalue weighted by molar-refractivity contribution is 8.77. The van der Waals surface area contributed by atoms with E-state index >= 15 is 4.79 Å². The topological polar surface area (TPSA) is 129 Å². The van der Waals surface area contributed by atoms with Crippen LogP contribution in [-0.2, 0) is 33.3 Å². The van der Waals surface area contributed by atoms with E-state index in [1.807, 2.05) is 44.2 Å². The maximum absolute atomic E-state index is 15.1. The molecular weight excluding hydrogens is 653 g/mol. The van der Waals surface area contributed by atoms with Crippen molar-refractivity contribution in [2.45, 2.75) is 107 Å². The van der Waals surface area contributed by atoms with Crippen LogP contribution in [0.2, 0.25) is 0 Å². The Morgan fingerprint density at radius 1 is 0.792 bits per heavy atom. The van der Waals surface area contributed by atoms with Gasteiger partial charge in [-0.1, -0.05) is 71.8 Å². The molecule has 48 heavy (non-hydrogen) atoms. The monoisotopic (exact) mass is 704 g/mol. The number of rotatable bonds is 16. The van der Waals surface area contributed by atoms with Gasteiger partial charge in [0.05, 0.1) is 11.9 Å². The highest BCUT2D eigenvalue weighted by Crippen LogP contribution is 2.46. The summed E-state index contributed by atoms with van der Waals surface area (Å²) >= 11 is 0. The fourth-order valence-corrected chi connectivity index (χ4v) is 8.01. The van der Waals surface area contributed by atoms with E-state index < -0.39 is 57.4 Å². The second-order valence-electron chi connectivity index (χ2n) is 14.1. The van der Waals surface area contributed by atoms with Crippen molar-refractivity contribution in [2.75, 3.05) is 20.8 Å². The van der Waals surface area contributed by atoms with Crippen molar-refractivity contribution in [1.82, 2.24) is 10.6 Å². The van der Waals surface area contributed by atoms with E-state index in [1.54, 1.807) is 78.8 Å². The molecule has 266 valence electrons. The molecule has 0 saturated carbocycles. The van der Waals surface area contributed by atoms with Gasteiger partial charge in [0.1, 0.15) is 22.8 Å². The fraction of sp³-hybridized carbons (Fsp3) is 0.556. The van der Waals surface area contributed by atoms with Crippen LogP contribution in [0.25, 0.3) is 0 Å². The van der Waals surface area contributed by atoms with E-state index in [4.69, 9.17) is 18.9 Å². The van der Waals surface area contributed by atoms with Gasteiger partial charge in [-0.25, -0.2) is 9.59 Å². The van der Waals surface area contributed by atoms with Crippen molar-refractivity contribution in [3.63, 3.8) is 0 Å². The van der Waals surface area contributed by atoms with Crippen molar-refractivity contribution in [3.05, 3.63) is 66.2 Å². The molecule has 0 radical (unpaired) electrons. The molecule has 10 nitrogen and oxygen atoms in total. The molecule has 2 rings (SSSR count). The molecule has 0 spiro atoms. The third kappa shape index (κ3) is 11.8. The van der Waals surface area contributed by atoms with Crippen LogP contribution in [0.1, 0.15) is 79.1 Å². The van der Waals surface area contributed by atoms with Crippen LogP contribution in [0.3, 0.4) is 0 Å². The maximum atomic E-state index is 15.1. The lowest BCUT2D eigenvalue weighted by Crippen LogP contribution is -2.75. The molecule has 0 aliphatic heterocycles. The summed E-state index contributed by atoms with van der Waals surface area (Å²) in [5.74, 6) is -3.42. The lowest BCUT2D eigenvalue weighted by molar-refractivity contribution is -0.172. The number of amides is 2. The Morgan fingerprint density at radius 3 is 1.81 bits per heavy atom. The molecule has 0 fully saturated rings. The zero-order valence-corrected chi connectivity index (χ0v) is 31.6. The zero-order valence-electron chi connectivity index (χ0n) is 30.0. The number of benzene rings is 2. The molecular formula is C36H52N2O8S2. The number of hydrogen-bond acceptors (Lipinski definition) is 10. The summed E-state index contributed by atoms with van der Waals surface area (Å²) in [7, 11) is 5.36. The minimum Gasteiger partial charge on any atom is -0.458 e. The van der Waals surface area contributed by atoms with Gasteiger partial charge in [0.15, 0.2) is 0 Å². The summed E-state index contributed by atoms with van der Waals surface area (Å²) in [6.45, 7) is 15.6. The number of nitrogens with one attached hydrogen (secondary N) is 2. The fourth-order valence-electron chi connectivity index (χ4n) is 4.76. The molecule has 2 amide bonds. The molecule has 0 aliphatic carbocycles. The molecule has 4 atom stereocenters. The largest absolute Gasteiger partial charge is 0.458 e. The van der Waals surface area contributed by atoms with Crippen LogP contribution in [0.15, 0.2) is 65.6 Å². The van der Waals surface area contributed by atoms with E-state index in [2.05, 4.69) is 10.6 Å². The van der Waals surface area contributed by atoms with Gasteiger partial charge in [-0.05, 0) is 85.1 Å².